The third kappa shape index (κ3) is 5.11. The Kier molecular flexibility index (Phi) is 6.29. The van der Waals surface area contributed by atoms with Crippen LogP contribution in [0.15, 0.2) is 89.9 Å². The monoisotopic (exact) mass is 375 g/mol. The molecular formula is C23H25N3O2. The number of guanidine groups is 1. The summed E-state index contributed by atoms with van der Waals surface area (Å²) in [6, 6.07) is 26.8. The Morgan fingerprint density at radius 1 is 1.00 bits per heavy atom. The summed E-state index contributed by atoms with van der Waals surface area (Å²) in [6.07, 6.45) is 0.438. The molecule has 28 heavy (non-hydrogen) atoms. The second kappa shape index (κ2) is 9.06. The molecule has 0 aromatic heterocycles. The van der Waals surface area contributed by atoms with Crippen molar-refractivity contribution < 1.29 is 9.84 Å². The lowest BCUT2D eigenvalue weighted by Crippen LogP contribution is -2.34. The molecule has 1 unspecified atom stereocenters. The van der Waals surface area contributed by atoms with Crippen LogP contribution in [-0.2, 0) is 12.0 Å². The Balaban J connectivity index is 1.79. The van der Waals surface area contributed by atoms with Crippen molar-refractivity contribution in [3.05, 3.63) is 96.1 Å². The highest BCUT2D eigenvalue weighted by Crippen LogP contribution is 2.26. The largest absolute Gasteiger partial charge is 0.497 e. The lowest BCUT2D eigenvalue weighted by molar-refractivity contribution is 0.0468. The smallest absolute Gasteiger partial charge is 0.193 e. The number of nitrogens with one attached hydrogen (secondary N) is 1. The quantitative estimate of drug-likeness (QED) is 0.436. The van der Waals surface area contributed by atoms with E-state index in [9.17, 15) is 5.11 Å². The second-order valence-corrected chi connectivity index (χ2v) is 6.62. The molecule has 5 nitrogen and oxygen atoms in total. The molecule has 0 saturated heterocycles. The maximum atomic E-state index is 11.4. The predicted octanol–water partition coefficient (Wildman–Crippen LogP) is 3.55. The van der Waals surface area contributed by atoms with Crippen molar-refractivity contribution in [3.63, 3.8) is 0 Å². The maximum absolute atomic E-state index is 11.4. The normalized spacial score (nSPS) is 13.6. The number of ether oxygens (including phenoxy) is 1. The van der Waals surface area contributed by atoms with Crippen molar-refractivity contribution in [1.29, 1.82) is 0 Å². The molecular weight excluding hydrogens is 350 g/mol. The van der Waals surface area contributed by atoms with Crippen LogP contribution in [0.25, 0.3) is 0 Å². The first kappa shape index (κ1) is 19.5. The molecule has 0 heterocycles. The number of rotatable bonds is 7. The highest BCUT2D eigenvalue weighted by atomic mass is 16.5. The zero-order chi connectivity index (χ0) is 19.8. The fourth-order valence-corrected chi connectivity index (χ4v) is 3.04. The van der Waals surface area contributed by atoms with Gasteiger partial charge in [0.05, 0.1) is 13.7 Å². The van der Waals surface area contributed by atoms with E-state index < -0.39 is 5.60 Å². The molecule has 3 aromatic carbocycles. The molecule has 0 saturated carbocycles. The number of hydrogen-bond acceptors (Lipinski definition) is 3. The van der Waals surface area contributed by atoms with Crippen LogP contribution in [0.4, 0.5) is 5.69 Å². The average Bonchev–Trinajstić information content (AvgIpc) is 2.74. The molecule has 0 aliphatic carbocycles. The van der Waals surface area contributed by atoms with Crippen LogP contribution in [0.5, 0.6) is 5.75 Å². The first-order chi connectivity index (χ1) is 13.6. The Bertz CT molecular complexity index is 913. The number of methoxy groups -OCH3 is 1. The molecule has 4 N–H and O–H groups in total. The third-order valence-electron chi connectivity index (χ3n) is 4.50. The zero-order valence-corrected chi connectivity index (χ0v) is 15.9. The van der Waals surface area contributed by atoms with Crippen LogP contribution in [-0.4, -0.2) is 24.7 Å². The fourth-order valence-electron chi connectivity index (χ4n) is 3.04. The van der Waals surface area contributed by atoms with Crippen molar-refractivity contribution in [2.45, 2.75) is 12.0 Å². The number of nitrogens with zero attached hydrogens (tertiary/aromatic N) is 1. The molecule has 0 aliphatic heterocycles. The first-order valence-electron chi connectivity index (χ1n) is 9.12. The number of benzene rings is 3. The van der Waals surface area contributed by atoms with E-state index in [1.165, 1.54) is 0 Å². The third-order valence-corrected chi connectivity index (χ3v) is 4.50. The van der Waals surface area contributed by atoms with Gasteiger partial charge in [0.2, 0.25) is 0 Å². The minimum Gasteiger partial charge on any atom is -0.497 e. The maximum Gasteiger partial charge on any atom is 0.193 e. The van der Waals surface area contributed by atoms with Crippen LogP contribution in [0, 0.1) is 0 Å². The van der Waals surface area contributed by atoms with Gasteiger partial charge < -0.3 is 20.9 Å². The Morgan fingerprint density at radius 2 is 1.68 bits per heavy atom. The topological polar surface area (TPSA) is 79.9 Å². The standard InChI is InChI=1S/C23H25N3O2/c1-28-21-14-8-13-20(15-21)26-22(24)25-17-23(27,19-11-6-3-7-12-19)16-18-9-4-2-5-10-18/h2-15,27H,16-17H2,1H3,(H3,24,25,26). The van der Waals surface area contributed by atoms with Crippen LogP contribution in [0.1, 0.15) is 11.1 Å². The summed E-state index contributed by atoms with van der Waals surface area (Å²) in [5, 5.41) is 14.5. The molecule has 0 amide bonds. The molecule has 3 rings (SSSR count). The zero-order valence-electron chi connectivity index (χ0n) is 15.9. The van der Waals surface area contributed by atoms with E-state index in [2.05, 4.69) is 10.3 Å². The van der Waals surface area contributed by atoms with E-state index in [1.54, 1.807) is 7.11 Å². The van der Waals surface area contributed by atoms with Crippen molar-refractivity contribution in [3.8, 4) is 5.75 Å². The van der Waals surface area contributed by atoms with E-state index >= 15 is 0 Å². The van der Waals surface area contributed by atoms with Gasteiger partial charge in [-0.1, -0.05) is 66.7 Å². The first-order valence-corrected chi connectivity index (χ1v) is 9.12. The molecule has 5 heteroatoms. The summed E-state index contributed by atoms with van der Waals surface area (Å²) in [6.45, 7) is 0.134. The molecule has 144 valence electrons. The highest BCUT2D eigenvalue weighted by molar-refractivity contribution is 5.92. The number of hydrogen-bond donors (Lipinski definition) is 3. The lowest BCUT2D eigenvalue weighted by atomic mass is 9.87. The van der Waals surface area contributed by atoms with Crippen LogP contribution in [0.2, 0.25) is 0 Å². The van der Waals surface area contributed by atoms with Gasteiger partial charge in [-0.25, -0.2) is 4.99 Å². The van der Waals surface area contributed by atoms with Gasteiger partial charge in [-0.05, 0) is 23.3 Å². The molecule has 0 spiro atoms. The Hall–Kier alpha value is -3.31. The summed E-state index contributed by atoms with van der Waals surface area (Å²) in [5.41, 5.74) is 7.50. The van der Waals surface area contributed by atoms with E-state index in [0.29, 0.717) is 6.42 Å². The molecule has 0 bridgehead atoms. The van der Waals surface area contributed by atoms with Crippen LogP contribution < -0.4 is 15.8 Å². The van der Waals surface area contributed by atoms with Gasteiger partial charge in [-0.2, -0.15) is 0 Å². The van der Waals surface area contributed by atoms with Crippen molar-refractivity contribution >= 4 is 11.6 Å². The Labute approximate surface area is 165 Å². The van der Waals surface area contributed by atoms with E-state index in [-0.39, 0.29) is 12.5 Å². The summed E-state index contributed by atoms with van der Waals surface area (Å²) < 4.78 is 5.21. The van der Waals surface area contributed by atoms with Crippen LogP contribution in [0.3, 0.4) is 0 Å². The Morgan fingerprint density at radius 3 is 2.36 bits per heavy atom. The van der Waals surface area contributed by atoms with E-state index in [4.69, 9.17) is 10.5 Å². The van der Waals surface area contributed by atoms with Gasteiger partial charge in [0.25, 0.3) is 0 Å². The average molecular weight is 375 g/mol. The molecule has 0 fully saturated rings. The second-order valence-electron chi connectivity index (χ2n) is 6.62. The van der Waals surface area contributed by atoms with Gasteiger partial charge in [-0.3, -0.25) is 0 Å². The van der Waals surface area contributed by atoms with E-state index in [0.717, 1.165) is 22.6 Å². The fraction of sp³-hybridized carbons (Fsp3) is 0.174. The minimum atomic E-state index is -1.16. The summed E-state index contributed by atoms with van der Waals surface area (Å²) in [4.78, 5) is 4.41. The molecule has 0 aliphatic rings. The van der Waals surface area contributed by atoms with Crippen molar-refractivity contribution in [2.75, 3.05) is 19.0 Å². The SMILES string of the molecule is COc1cccc(NC(N)=NCC(O)(Cc2ccccc2)c2ccccc2)c1. The molecule has 3 aromatic rings. The molecule has 1 atom stereocenters. The summed E-state index contributed by atoms with van der Waals surface area (Å²) in [7, 11) is 1.61. The van der Waals surface area contributed by atoms with Gasteiger partial charge in [0, 0.05) is 18.2 Å². The van der Waals surface area contributed by atoms with Crippen LogP contribution >= 0.6 is 0 Å². The van der Waals surface area contributed by atoms with Gasteiger partial charge >= 0.3 is 0 Å². The summed E-state index contributed by atoms with van der Waals surface area (Å²) >= 11 is 0. The van der Waals surface area contributed by atoms with Gasteiger partial charge in [0.1, 0.15) is 11.4 Å². The van der Waals surface area contributed by atoms with Crippen molar-refractivity contribution in [1.82, 2.24) is 0 Å². The number of aliphatic hydroxyl groups is 1. The highest BCUT2D eigenvalue weighted by Gasteiger charge is 2.29. The van der Waals surface area contributed by atoms with Crippen molar-refractivity contribution in [2.24, 2.45) is 10.7 Å². The van der Waals surface area contributed by atoms with Gasteiger partial charge in [-0.15, -0.1) is 0 Å². The number of anilines is 1. The molecule has 0 radical (unpaired) electrons. The lowest BCUT2D eigenvalue weighted by Gasteiger charge is -2.27. The number of nitrogens with two attached hydrogens (primary N) is 1. The number of aliphatic imine (C=N–C) groups is 1. The van der Waals surface area contributed by atoms with Gasteiger partial charge in [0.15, 0.2) is 5.96 Å². The minimum absolute atomic E-state index is 0.134. The summed E-state index contributed by atoms with van der Waals surface area (Å²) in [5.74, 6) is 0.957. The predicted molar refractivity (Wildman–Crippen MR) is 114 cm³/mol. The van der Waals surface area contributed by atoms with E-state index in [1.807, 2.05) is 84.9 Å².